The highest BCUT2D eigenvalue weighted by Crippen LogP contribution is 2.40. The van der Waals surface area contributed by atoms with Gasteiger partial charge in [-0.05, 0) is 23.8 Å². The van der Waals surface area contributed by atoms with Gasteiger partial charge in [0.25, 0.3) is 0 Å². The fourth-order valence-electron chi connectivity index (χ4n) is 3.39. The van der Waals surface area contributed by atoms with Crippen LogP contribution in [0.2, 0.25) is 5.02 Å². The molecule has 0 saturated heterocycles. The van der Waals surface area contributed by atoms with E-state index in [1.165, 1.54) is 10.8 Å². The van der Waals surface area contributed by atoms with E-state index in [-0.39, 0.29) is 11.8 Å². The lowest BCUT2D eigenvalue weighted by Gasteiger charge is -2.21. The predicted molar refractivity (Wildman–Crippen MR) is 110 cm³/mol. The number of fused-ring (bicyclic) bond motifs is 1. The molecule has 3 aromatic rings. The molecule has 0 spiro atoms. The Morgan fingerprint density at radius 2 is 2.10 bits per heavy atom. The fraction of sp³-hybridized carbons (Fsp3) is 0.136. The molecule has 1 N–H and O–H groups in total. The van der Waals surface area contributed by atoms with Crippen LogP contribution in [0.1, 0.15) is 29.0 Å². The molecule has 1 amide bonds. The number of hydrogen-bond donors (Lipinski definition) is 1. The van der Waals surface area contributed by atoms with Crippen molar-refractivity contribution in [2.45, 2.75) is 18.9 Å². The second-order valence-corrected chi connectivity index (χ2v) is 7.03. The zero-order valence-electron chi connectivity index (χ0n) is 15.6. The largest absolute Gasteiger partial charge is 0.485 e. The molecule has 6 nitrogen and oxygen atoms in total. The van der Waals surface area contributed by atoms with Crippen LogP contribution in [0.3, 0.4) is 0 Å². The lowest BCUT2D eigenvalue weighted by molar-refractivity contribution is -0.367. The normalized spacial score (nSPS) is 15.7. The van der Waals surface area contributed by atoms with Gasteiger partial charge in [-0.25, -0.2) is 4.79 Å². The molecule has 29 heavy (non-hydrogen) atoms. The number of benzene rings is 2. The highest BCUT2D eigenvalue weighted by atomic mass is 35.5. The van der Waals surface area contributed by atoms with Crippen molar-refractivity contribution in [2.24, 2.45) is 0 Å². The number of nitrogens with one attached hydrogen (secondary N) is 1. The molecule has 1 aliphatic rings. The molecular weight excluding hydrogens is 390 g/mol. The lowest BCUT2D eigenvalue weighted by Crippen LogP contribution is -2.24. The van der Waals surface area contributed by atoms with Crippen molar-refractivity contribution in [2.75, 3.05) is 0 Å². The van der Waals surface area contributed by atoms with E-state index in [9.17, 15) is 4.79 Å². The van der Waals surface area contributed by atoms with Crippen LogP contribution in [0.5, 0.6) is 11.5 Å². The molecule has 0 radical (unpaired) electrons. The zero-order valence-corrected chi connectivity index (χ0v) is 16.4. The zero-order chi connectivity index (χ0) is 20.4. The molecule has 1 aliphatic heterocycles. The molecule has 0 fully saturated rings. The molecule has 2 aromatic carbocycles. The van der Waals surface area contributed by atoms with Crippen molar-refractivity contribution in [3.05, 3.63) is 83.2 Å². The Morgan fingerprint density at radius 1 is 1.28 bits per heavy atom. The van der Waals surface area contributed by atoms with E-state index in [4.69, 9.17) is 21.1 Å². The monoisotopic (exact) mass is 408 g/mol. The number of H-pyrrole nitrogens is 1. The average molecular weight is 409 g/mol. The van der Waals surface area contributed by atoms with Crippen LogP contribution < -0.4 is 9.47 Å². The predicted octanol–water partition coefficient (Wildman–Crippen LogP) is 4.57. The van der Waals surface area contributed by atoms with Crippen LogP contribution >= 0.6 is 11.6 Å². The first-order valence-corrected chi connectivity index (χ1v) is 9.40. The van der Waals surface area contributed by atoms with Crippen molar-refractivity contribution in [1.29, 1.82) is 0 Å². The summed E-state index contributed by atoms with van der Waals surface area (Å²) in [6.45, 7) is 7.73. The Hall–Kier alpha value is -3.38. The van der Waals surface area contributed by atoms with Gasteiger partial charge in [-0.15, -0.1) is 5.10 Å². The number of aromatic nitrogens is 2. The molecule has 0 bridgehead atoms. The van der Waals surface area contributed by atoms with Crippen LogP contribution in [0, 0.1) is 0 Å². The van der Waals surface area contributed by atoms with Gasteiger partial charge in [0.2, 0.25) is 0 Å². The van der Waals surface area contributed by atoms with Crippen LogP contribution in [-0.2, 0) is 11.4 Å². The van der Waals surface area contributed by atoms with Crippen molar-refractivity contribution in [1.82, 2.24) is 10.2 Å². The minimum Gasteiger partial charge on any atom is -0.485 e. The second-order valence-electron chi connectivity index (χ2n) is 6.62. The Bertz CT molecular complexity index is 1110. The lowest BCUT2D eigenvalue weighted by atomic mass is 9.87. The summed E-state index contributed by atoms with van der Waals surface area (Å²) in [5.74, 6) is 1.44. The number of carbonyl (C=O) groups excluding carboxylic acids is 1. The molecule has 4 rings (SSSR count). The first kappa shape index (κ1) is 19.0. The van der Waals surface area contributed by atoms with Gasteiger partial charge in [0.1, 0.15) is 6.61 Å². The number of hydrogen-bond acceptors (Lipinski definition) is 4. The summed E-state index contributed by atoms with van der Waals surface area (Å²) in [7, 11) is 0. The maximum atomic E-state index is 12.3. The first-order valence-electron chi connectivity index (χ1n) is 9.03. The van der Waals surface area contributed by atoms with E-state index >= 15 is 0 Å². The second kappa shape index (κ2) is 7.93. The Balaban J connectivity index is 1.64. The fourth-order valence-corrected chi connectivity index (χ4v) is 3.58. The van der Waals surface area contributed by atoms with Gasteiger partial charge in [0, 0.05) is 16.5 Å². The quantitative estimate of drug-likeness (QED) is 0.479. The van der Waals surface area contributed by atoms with Crippen molar-refractivity contribution in [3.63, 3.8) is 0 Å². The van der Waals surface area contributed by atoms with Crippen LogP contribution in [-0.4, -0.2) is 27.4 Å². The summed E-state index contributed by atoms with van der Waals surface area (Å²) in [4.78, 5) is 12.3. The summed E-state index contributed by atoms with van der Waals surface area (Å²) in [6.07, 6.45) is 3.36. The molecule has 1 atom stereocenters. The number of nitrogens with zero attached hydrogens (tertiary/aromatic N) is 2. The summed E-state index contributed by atoms with van der Waals surface area (Å²) in [6, 6.07) is 13.1. The van der Waals surface area contributed by atoms with E-state index < -0.39 is 0 Å². The summed E-state index contributed by atoms with van der Waals surface area (Å²) < 4.78 is 12.9. The van der Waals surface area contributed by atoms with Crippen molar-refractivity contribution in [3.8, 4) is 11.5 Å². The highest BCUT2D eigenvalue weighted by Gasteiger charge is 2.36. The van der Waals surface area contributed by atoms with Gasteiger partial charge in [-0.2, -0.15) is 4.58 Å². The van der Waals surface area contributed by atoms with E-state index in [1.807, 2.05) is 42.5 Å². The maximum Gasteiger partial charge on any atom is 0.314 e. The topological polar surface area (TPSA) is 67.2 Å². The van der Waals surface area contributed by atoms with Gasteiger partial charge < -0.3 is 9.47 Å². The van der Waals surface area contributed by atoms with E-state index in [1.54, 1.807) is 6.20 Å². The number of rotatable bonds is 6. The Labute approximate surface area is 173 Å². The summed E-state index contributed by atoms with van der Waals surface area (Å²) >= 11 is 6.20. The highest BCUT2D eigenvalue weighted by molar-refractivity contribution is 6.31. The van der Waals surface area contributed by atoms with E-state index in [0.29, 0.717) is 35.4 Å². The SMILES string of the molecule is C=COc1cc(C2CC(=O)[N+](=C)c3[nH]ncc32)ccc1OCc1ccccc1Cl. The number of amides is 1. The number of aromatic amines is 1. The molecule has 0 aliphatic carbocycles. The smallest absolute Gasteiger partial charge is 0.314 e. The van der Waals surface area contributed by atoms with Gasteiger partial charge >= 0.3 is 11.7 Å². The standard InChI is InChI=1S/C22H19ClN3O3/c1-3-28-20-10-14(16-11-21(27)26(2)22-17(16)12-24-25-22)8-9-19(20)29-13-15-6-4-5-7-18(15)23/h3-10,12,16H,1-2,11,13H2,(H,24,25)/q+1. The minimum absolute atomic E-state index is 0.0861. The van der Waals surface area contributed by atoms with Crippen LogP contribution in [0.4, 0.5) is 5.82 Å². The van der Waals surface area contributed by atoms with E-state index in [0.717, 1.165) is 16.7 Å². The third kappa shape index (κ3) is 3.67. The number of carbonyl (C=O) groups is 1. The van der Waals surface area contributed by atoms with Gasteiger partial charge in [-0.1, -0.05) is 47.5 Å². The third-order valence-electron chi connectivity index (χ3n) is 4.89. The average Bonchev–Trinajstić information content (AvgIpc) is 3.21. The minimum atomic E-state index is -0.154. The molecule has 0 saturated carbocycles. The van der Waals surface area contributed by atoms with Crippen LogP contribution in [0.25, 0.3) is 0 Å². The Kier molecular flexibility index (Phi) is 5.18. The summed E-state index contributed by atoms with van der Waals surface area (Å²) in [5.41, 5.74) is 2.70. The molecule has 1 unspecified atom stereocenters. The third-order valence-corrected chi connectivity index (χ3v) is 5.26. The van der Waals surface area contributed by atoms with Crippen LogP contribution in [0.15, 0.2) is 61.5 Å². The number of ether oxygens (including phenoxy) is 2. The van der Waals surface area contributed by atoms with Gasteiger partial charge in [-0.3, -0.25) is 0 Å². The molecular formula is C22H19ClN3O3+. The van der Waals surface area contributed by atoms with Crippen molar-refractivity contribution < 1.29 is 18.8 Å². The van der Waals surface area contributed by atoms with Gasteiger partial charge in [0.15, 0.2) is 11.5 Å². The summed E-state index contributed by atoms with van der Waals surface area (Å²) in [5, 5.41) is 7.55. The molecule has 1 aromatic heterocycles. The molecule has 2 heterocycles. The van der Waals surface area contributed by atoms with E-state index in [2.05, 4.69) is 23.5 Å². The Morgan fingerprint density at radius 3 is 2.90 bits per heavy atom. The molecule has 7 heteroatoms. The maximum absolute atomic E-state index is 12.3. The number of halogens is 1. The van der Waals surface area contributed by atoms with Gasteiger partial charge in [0.05, 0.1) is 31.2 Å². The molecule has 146 valence electrons. The first-order chi connectivity index (χ1) is 14.1. The van der Waals surface area contributed by atoms with Crippen molar-refractivity contribution >= 4 is 30.0 Å².